The van der Waals surface area contributed by atoms with Crippen LogP contribution >= 0.6 is 11.8 Å². The Bertz CT molecular complexity index is 582. The van der Waals surface area contributed by atoms with E-state index in [1.165, 1.54) is 25.0 Å². The summed E-state index contributed by atoms with van der Waals surface area (Å²) in [5, 5.41) is 13.6. The van der Waals surface area contributed by atoms with Crippen molar-refractivity contribution in [1.29, 1.82) is 0 Å². The lowest BCUT2D eigenvalue weighted by atomic mass is 10.2. The number of rotatable bonds is 3. The average Bonchev–Trinajstić information content (AvgIpc) is 2.69. The lowest BCUT2D eigenvalue weighted by Gasteiger charge is -2.24. The molecular weight excluding hydrogens is 270 g/mol. The highest BCUT2D eigenvalue weighted by Crippen LogP contribution is 2.24. The lowest BCUT2D eigenvalue weighted by molar-refractivity contribution is 0.734. The van der Waals surface area contributed by atoms with Crippen LogP contribution in [-0.4, -0.2) is 43.9 Å². The molecule has 0 aromatic carbocycles. The summed E-state index contributed by atoms with van der Waals surface area (Å²) in [6.45, 7) is 6.37. The van der Waals surface area contributed by atoms with Gasteiger partial charge in [0.15, 0.2) is 11.5 Å². The summed E-state index contributed by atoms with van der Waals surface area (Å²) in [6.07, 6.45) is 3.90. The molecule has 1 saturated heterocycles. The first kappa shape index (κ1) is 13.7. The van der Waals surface area contributed by atoms with Crippen molar-refractivity contribution in [1.82, 2.24) is 19.8 Å². The number of thioether (sulfide) groups is 1. The van der Waals surface area contributed by atoms with E-state index in [0.29, 0.717) is 0 Å². The summed E-state index contributed by atoms with van der Waals surface area (Å²) < 4.78 is 1.84. The van der Waals surface area contributed by atoms with Crippen molar-refractivity contribution >= 4 is 23.2 Å². The standard InChI is InChI=1S/C14H21N5S/c1-3-20-12-6-4-5-9-18(10-12)14-8-7-13-16-15-11(2)19(13)17-14/h7-8,12H,3-6,9-10H2,1-2H3. The second-order valence-electron chi connectivity index (χ2n) is 5.23. The van der Waals surface area contributed by atoms with Crippen molar-refractivity contribution in [2.24, 2.45) is 0 Å². The molecule has 5 nitrogen and oxygen atoms in total. The molecule has 20 heavy (non-hydrogen) atoms. The Labute approximate surface area is 123 Å². The third-order valence-electron chi connectivity index (χ3n) is 3.76. The Morgan fingerprint density at radius 1 is 1.30 bits per heavy atom. The molecule has 0 N–H and O–H groups in total. The van der Waals surface area contributed by atoms with Gasteiger partial charge in [0, 0.05) is 18.3 Å². The fraction of sp³-hybridized carbons (Fsp3) is 0.643. The van der Waals surface area contributed by atoms with Crippen molar-refractivity contribution in [2.45, 2.75) is 38.4 Å². The third-order valence-corrected chi connectivity index (χ3v) is 4.95. The summed E-state index contributed by atoms with van der Waals surface area (Å²) in [5.41, 5.74) is 0.820. The van der Waals surface area contributed by atoms with Gasteiger partial charge in [0.2, 0.25) is 0 Å². The molecule has 0 bridgehead atoms. The third kappa shape index (κ3) is 2.75. The monoisotopic (exact) mass is 291 g/mol. The van der Waals surface area contributed by atoms with Crippen molar-refractivity contribution in [3.8, 4) is 0 Å². The Morgan fingerprint density at radius 3 is 3.05 bits per heavy atom. The van der Waals surface area contributed by atoms with Gasteiger partial charge in [0.1, 0.15) is 5.82 Å². The zero-order valence-corrected chi connectivity index (χ0v) is 12.9. The molecule has 1 aliphatic rings. The maximum absolute atomic E-state index is 4.70. The molecule has 3 rings (SSSR count). The molecule has 1 aliphatic heterocycles. The molecule has 2 aromatic rings. The fourth-order valence-electron chi connectivity index (χ4n) is 2.74. The van der Waals surface area contributed by atoms with Gasteiger partial charge in [-0.3, -0.25) is 0 Å². The summed E-state index contributed by atoms with van der Waals surface area (Å²) in [6, 6.07) is 4.08. The van der Waals surface area contributed by atoms with E-state index in [2.05, 4.69) is 39.8 Å². The average molecular weight is 291 g/mol. The number of hydrogen-bond acceptors (Lipinski definition) is 5. The Balaban J connectivity index is 1.86. The topological polar surface area (TPSA) is 46.3 Å². The zero-order valence-electron chi connectivity index (χ0n) is 12.1. The molecule has 0 aliphatic carbocycles. The molecule has 0 saturated carbocycles. The first-order valence-electron chi connectivity index (χ1n) is 7.33. The van der Waals surface area contributed by atoms with Crippen molar-refractivity contribution in [3.63, 3.8) is 0 Å². The highest BCUT2D eigenvalue weighted by molar-refractivity contribution is 7.99. The predicted molar refractivity (Wildman–Crippen MR) is 83.5 cm³/mol. The number of fused-ring (bicyclic) bond motifs is 1. The molecule has 0 radical (unpaired) electrons. The van der Waals surface area contributed by atoms with Gasteiger partial charge in [-0.05, 0) is 37.7 Å². The van der Waals surface area contributed by atoms with Crippen LogP contribution in [0.4, 0.5) is 5.82 Å². The Kier molecular flexibility index (Phi) is 4.10. The van der Waals surface area contributed by atoms with Gasteiger partial charge in [0.05, 0.1) is 0 Å². The first-order valence-corrected chi connectivity index (χ1v) is 8.38. The van der Waals surface area contributed by atoms with E-state index in [0.717, 1.165) is 35.6 Å². The summed E-state index contributed by atoms with van der Waals surface area (Å²) in [4.78, 5) is 2.42. The Hall–Kier alpha value is -1.30. The highest BCUT2D eigenvalue weighted by Gasteiger charge is 2.19. The quantitative estimate of drug-likeness (QED) is 0.869. The number of anilines is 1. The number of aromatic nitrogens is 4. The lowest BCUT2D eigenvalue weighted by Crippen LogP contribution is -2.30. The highest BCUT2D eigenvalue weighted by atomic mass is 32.2. The van der Waals surface area contributed by atoms with Gasteiger partial charge in [0.25, 0.3) is 0 Å². The number of aryl methyl sites for hydroxylation is 1. The Morgan fingerprint density at radius 2 is 2.20 bits per heavy atom. The minimum atomic E-state index is 0.724. The van der Waals surface area contributed by atoms with Crippen molar-refractivity contribution < 1.29 is 0 Å². The normalized spacial score (nSPS) is 20.3. The maximum atomic E-state index is 4.70. The summed E-state index contributed by atoms with van der Waals surface area (Å²) >= 11 is 2.07. The van der Waals surface area contributed by atoms with Gasteiger partial charge in [-0.1, -0.05) is 13.3 Å². The van der Waals surface area contributed by atoms with Crippen molar-refractivity contribution in [2.75, 3.05) is 23.7 Å². The van der Waals surface area contributed by atoms with Crippen LogP contribution in [0.5, 0.6) is 0 Å². The van der Waals surface area contributed by atoms with Gasteiger partial charge in [-0.15, -0.1) is 15.3 Å². The van der Waals surface area contributed by atoms with Gasteiger partial charge in [-0.25, -0.2) is 0 Å². The second kappa shape index (κ2) is 5.99. The molecule has 2 aromatic heterocycles. The minimum absolute atomic E-state index is 0.724. The molecule has 3 heterocycles. The van der Waals surface area contributed by atoms with Crippen LogP contribution in [-0.2, 0) is 0 Å². The number of nitrogens with zero attached hydrogens (tertiary/aromatic N) is 5. The van der Waals surface area contributed by atoms with Crippen LogP contribution in [0.15, 0.2) is 12.1 Å². The van der Waals surface area contributed by atoms with E-state index >= 15 is 0 Å². The molecule has 1 fully saturated rings. The molecular formula is C14H21N5S. The van der Waals surface area contributed by atoms with Crippen LogP contribution in [0.3, 0.4) is 0 Å². The van der Waals surface area contributed by atoms with E-state index in [-0.39, 0.29) is 0 Å². The molecule has 6 heteroatoms. The summed E-state index contributed by atoms with van der Waals surface area (Å²) in [7, 11) is 0. The molecule has 0 spiro atoms. The zero-order chi connectivity index (χ0) is 13.9. The second-order valence-corrected chi connectivity index (χ2v) is 6.81. The molecule has 108 valence electrons. The molecule has 1 atom stereocenters. The van der Waals surface area contributed by atoms with E-state index in [9.17, 15) is 0 Å². The van der Waals surface area contributed by atoms with E-state index < -0.39 is 0 Å². The van der Waals surface area contributed by atoms with Crippen LogP contribution in [0.1, 0.15) is 32.0 Å². The smallest absolute Gasteiger partial charge is 0.178 e. The SMILES string of the molecule is CCSC1CCCCN(c2ccc3nnc(C)n3n2)C1. The maximum Gasteiger partial charge on any atom is 0.178 e. The van der Waals surface area contributed by atoms with Crippen LogP contribution in [0, 0.1) is 6.92 Å². The number of hydrogen-bond donors (Lipinski definition) is 0. The predicted octanol–water partition coefficient (Wildman–Crippen LogP) is 2.54. The summed E-state index contributed by atoms with van der Waals surface area (Å²) in [5.74, 6) is 3.08. The van der Waals surface area contributed by atoms with Crippen molar-refractivity contribution in [3.05, 3.63) is 18.0 Å². The minimum Gasteiger partial charge on any atom is -0.354 e. The van der Waals surface area contributed by atoms with Gasteiger partial charge < -0.3 is 4.90 Å². The van der Waals surface area contributed by atoms with Crippen LogP contribution < -0.4 is 4.90 Å². The molecule has 1 unspecified atom stereocenters. The van der Waals surface area contributed by atoms with E-state index in [4.69, 9.17) is 5.10 Å². The largest absolute Gasteiger partial charge is 0.354 e. The first-order chi connectivity index (χ1) is 9.78. The van der Waals surface area contributed by atoms with E-state index in [1.807, 2.05) is 17.5 Å². The van der Waals surface area contributed by atoms with Gasteiger partial charge >= 0.3 is 0 Å². The fourth-order valence-corrected chi connectivity index (χ4v) is 3.83. The van der Waals surface area contributed by atoms with Crippen LogP contribution in [0.2, 0.25) is 0 Å². The van der Waals surface area contributed by atoms with Gasteiger partial charge in [-0.2, -0.15) is 16.3 Å². The molecule has 0 amide bonds. The van der Waals surface area contributed by atoms with E-state index in [1.54, 1.807) is 0 Å². The van der Waals surface area contributed by atoms with Crippen LogP contribution in [0.25, 0.3) is 5.65 Å².